The molecule has 0 saturated heterocycles. The third kappa shape index (κ3) is 2.91. The lowest BCUT2D eigenvalue weighted by molar-refractivity contribution is 0.616. The highest BCUT2D eigenvalue weighted by atomic mass is 35.5. The summed E-state index contributed by atoms with van der Waals surface area (Å²) < 4.78 is 1.34. The second-order valence-electron chi connectivity index (χ2n) is 4.16. The van der Waals surface area contributed by atoms with Crippen LogP contribution < -0.4 is 16.2 Å². The predicted octanol–water partition coefficient (Wildman–Crippen LogP) is 1.25. The summed E-state index contributed by atoms with van der Waals surface area (Å²) in [5, 5.41) is 10.7. The third-order valence-corrected chi connectivity index (χ3v) is 3.31. The largest absolute Gasteiger partial charge is 0.379 e. The smallest absolute Gasteiger partial charge is 0.287 e. The molecule has 0 unspecified atom stereocenters. The molecule has 1 aliphatic heterocycles. The van der Waals surface area contributed by atoms with Crippen LogP contribution in [0.3, 0.4) is 0 Å². The highest BCUT2D eigenvalue weighted by Gasteiger charge is 2.09. The van der Waals surface area contributed by atoms with Crippen molar-refractivity contribution in [2.75, 3.05) is 25.0 Å². The molecule has 5 nitrogen and oxygen atoms in total. The molecule has 2 rings (SSSR count). The molecule has 0 bridgehead atoms. The van der Waals surface area contributed by atoms with Gasteiger partial charge in [0.2, 0.25) is 0 Å². The lowest BCUT2D eigenvalue weighted by Crippen LogP contribution is -2.25. The van der Waals surface area contributed by atoms with Gasteiger partial charge in [-0.05, 0) is 19.9 Å². The first-order valence-electron chi connectivity index (χ1n) is 6.10. The normalized spacial score (nSPS) is 15.3. The molecule has 1 aromatic rings. The molecule has 0 radical (unpaired) electrons. The lowest BCUT2D eigenvalue weighted by Gasteiger charge is -2.15. The Morgan fingerprint density at radius 2 is 2.44 bits per heavy atom. The van der Waals surface area contributed by atoms with Gasteiger partial charge in [0.25, 0.3) is 5.56 Å². The first-order valence-corrected chi connectivity index (χ1v) is 6.48. The van der Waals surface area contributed by atoms with E-state index in [2.05, 4.69) is 21.8 Å². The molecule has 6 heteroatoms. The zero-order chi connectivity index (χ0) is 13.0. The molecule has 0 atom stereocenters. The van der Waals surface area contributed by atoms with Crippen LogP contribution in [0.2, 0.25) is 5.02 Å². The van der Waals surface area contributed by atoms with Crippen molar-refractivity contribution in [1.29, 1.82) is 0 Å². The minimum atomic E-state index is -0.247. The second kappa shape index (κ2) is 6.02. The molecule has 1 aliphatic rings. The van der Waals surface area contributed by atoms with Crippen molar-refractivity contribution in [1.82, 2.24) is 15.1 Å². The first kappa shape index (κ1) is 13.1. The van der Waals surface area contributed by atoms with Crippen LogP contribution in [0.5, 0.6) is 0 Å². The first-order chi connectivity index (χ1) is 8.72. The third-order valence-electron chi connectivity index (χ3n) is 2.95. The van der Waals surface area contributed by atoms with Gasteiger partial charge in [-0.25, -0.2) is 4.68 Å². The molecule has 1 aromatic heterocycles. The number of aromatic nitrogens is 2. The van der Waals surface area contributed by atoms with E-state index in [9.17, 15) is 4.79 Å². The summed E-state index contributed by atoms with van der Waals surface area (Å²) in [6.07, 6.45) is 4.78. The van der Waals surface area contributed by atoms with Crippen LogP contribution in [0.15, 0.2) is 22.6 Å². The molecule has 0 amide bonds. The number of nitrogens with one attached hydrogen (secondary N) is 2. The van der Waals surface area contributed by atoms with Crippen LogP contribution in [0.25, 0.3) is 0 Å². The number of hydrogen-bond acceptors (Lipinski definition) is 4. The minimum Gasteiger partial charge on any atom is -0.379 e. The van der Waals surface area contributed by atoms with Crippen molar-refractivity contribution in [3.63, 3.8) is 0 Å². The van der Waals surface area contributed by atoms with Gasteiger partial charge in [-0.3, -0.25) is 4.79 Å². The molecule has 98 valence electrons. The summed E-state index contributed by atoms with van der Waals surface area (Å²) in [4.78, 5) is 11.8. The fourth-order valence-corrected chi connectivity index (χ4v) is 2.07. The van der Waals surface area contributed by atoms with Crippen molar-refractivity contribution in [2.45, 2.75) is 19.9 Å². The topological polar surface area (TPSA) is 59.0 Å². The second-order valence-corrected chi connectivity index (χ2v) is 4.54. The van der Waals surface area contributed by atoms with Gasteiger partial charge in [-0.15, -0.1) is 0 Å². The Morgan fingerprint density at radius 3 is 3.11 bits per heavy atom. The van der Waals surface area contributed by atoms with Crippen molar-refractivity contribution < 1.29 is 0 Å². The zero-order valence-corrected chi connectivity index (χ0v) is 11.1. The monoisotopic (exact) mass is 268 g/mol. The minimum absolute atomic E-state index is 0.210. The highest BCUT2D eigenvalue weighted by Crippen LogP contribution is 2.16. The van der Waals surface area contributed by atoms with Crippen LogP contribution in [0.1, 0.15) is 13.3 Å². The Kier molecular flexibility index (Phi) is 4.38. The predicted molar refractivity (Wildman–Crippen MR) is 73.2 cm³/mol. The standard InChI is InChI=1S/C12H17ClN4O/c1-2-17-12(18)11(13)10(8-16-17)15-7-9-3-5-14-6-4-9/h3,8,14-15H,2,4-7H2,1H3. The molecule has 0 spiro atoms. The van der Waals surface area contributed by atoms with Gasteiger partial charge in [-0.1, -0.05) is 23.3 Å². The maximum absolute atomic E-state index is 11.8. The molecule has 0 saturated carbocycles. The van der Waals surface area contributed by atoms with Crippen LogP contribution >= 0.6 is 11.6 Å². The quantitative estimate of drug-likeness (QED) is 0.807. The molecule has 0 fully saturated rings. The number of aryl methyl sites for hydroxylation is 1. The number of anilines is 1. The Morgan fingerprint density at radius 1 is 1.61 bits per heavy atom. The van der Waals surface area contributed by atoms with Crippen LogP contribution in [-0.2, 0) is 6.54 Å². The van der Waals surface area contributed by atoms with Gasteiger partial charge in [0.15, 0.2) is 0 Å². The average Bonchev–Trinajstić information content (AvgIpc) is 2.42. The van der Waals surface area contributed by atoms with Crippen molar-refractivity contribution in [2.24, 2.45) is 0 Å². The summed E-state index contributed by atoms with van der Waals surface area (Å²) >= 11 is 6.03. The molecular formula is C12H17ClN4O. The molecule has 18 heavy (non-hydrogen) atoms. The van der Waals surface area contributed by atoms with Crippen LogP contribution in [0.4, 0.5) is 5.69 Å². The van der Waals surface area contributed by atoms with E-state index >= 15 is 0 Å². The summed E-state index contributed by atoms with van der Waals surface area (Å²) in [6.45, 7) is 4.99. The molecule has 2 N–H and O–H groups in total. The Hall–Kier alpha value is -1.33. The number of rotatable bonds is 4. The van der Waals surface area contributed by atoms with Gasteiger partial charge in [0.1, 0.15) is 5.02 Å². The molecule has 0 aliphatic carbocycles. The zero-order valence-electron chi connectivity index (χ0n) is 10.4. The van der Waals surface area contributed by atoms with E-state index in [1.165, 1.54) is 10.3 Å². The number of nitrogens with zero attached hydrogens (tertiary/aromatic N) is 2. The SMILES string of the molecule is CCn1ncc(NCC2=CCNCC2)c(Cl)c1=O. The van der Waals surface area contributed by atoms with Crippen LogP contribution in [0, 0.1) is 0 Å². The summed E-state index contributed by atoms with van der Waals surface area (Å²) in [5.41, 5.74) is 1.68. The maximum Gasteiger partial charge on any atom is 0.287 e. The van der Waals surface area contributed by atoms with Crippen molar-refractivity contribution in [3.8, 4) is 0 Å². The highest BCUT2D eigenvalue weighted by molar-refractivity contribution is 6.32. The summed E-state index contributed by atoms with van der Waals surface area (Å²) in [5.74, 6) is 0. The van der Waals surface area contributed by atoms with Gasteiger partial charge in [0.05, 0.1) is 11.9 Å². The fraction of sp³-hybridized carbons (Fsp3) is 0.500. The Bertz CT molecular complexity index is 509. The van der Waals surface area contributed by atoms with E-state index in [-0.39, 0.29) is 10.6 Å². The van der Waals surface area contributed by atoms with E-state index in [4.69, 9.17) is 11.6 Å². The summed E-state index contributed by atoms with van der Waals surface area (Å²) in [6, 6.07) is 0. The van der Waals surface area contributed by atoms with Crippen LogP contribution in [-0.4, -0.2) is 29.4 Å². The molecule has 0 aromatic carbocycles. The number of hydrogen-bond donors (Lipinski definition) is 2. The van der Waals surface area contributed by atoms with Crippen molar-refractivity contribution >= 4 is 17.3 Å². The number of halogens is 1. The van der Waals surface area contributed by atoms with E-state index < -0.39 is 0 Å². The van der Waals surface area contributed by atoms with Crippen molar-refractivity contribution in [3.05, 3.63) is 33.2 Å². The molecular weight excluding hydrogens is 252 g/mol. The fourth-order valence-electron chi connectivity index (χ4n) is 1.85. The Balaban J connectivity index is 2.08. The van der Waals surface area contributed by atoms with E-state index in [1.807, 2.05) is 6.92 Å². The van der Waals surface area contributed by atoms with Gasteiger partial charge in [-0.2, -0.15) is 5.10 Å². The molecule has 2 heterocycles. The summed E-state index contributed by atoms with van der Waals surface area (Å²) in [7, 11) is 0. The van der Waals surface area contributed by atoms with E-state index in [0.29, 0.717) is 18.8 Å². The van der Waals surface area contributed by atoms with E-state index in [1.54, 1.807) is 6.20 Å². The average molecular weight is 269 g/mol. The maximum atomic E-state index is 11.8. The Labute approximate surface area is 111 Å². The lowest BCUT2D eigenvalue weighted by atomic mass is 10.1. The van der Waals surface area contributed by atoms with Gasteiger partial charge >= 0.3 is 0 Å². The van der Waals surface area contributed by atoms with Gasteiger partial charge in [0, 0.05) is 19.6 Å². The van der Waals surface area contributed by atoms with Gasteiger partial charge < -0.3 is 10.6 Å². The van der Waals surface area contributed by atoms with E-state index in [0.717, 1.165) is 19.5 Å².